The molecule has 1 aromatic carbocycles. The Labute approximate surface area is 189 Å². The topological polar surface area (TPSA) is 92.7 Å². The summed E-state index contributed by atoms with van der Waals surface area (Å²) in [5.74, 6) is 1.39. The minimum Gasteiger partial charge on any atom is -0.497 e. The standard InChI is InChI=1S/C23H30N4O4S/c1-23(12-5-14-26(16-23)32(3,29)30)22(28)27-15-4-6-20(27)19-11-13-24-21(25-19)17-7-9-18(31-2)10-8-17/h7-11,13,20H,4-6,12,14-16H2,1-3H3/t20-,23-/m0/s1. The minimum absolute atomic E-state index is 0.0120. The molecule has 0 bridgehead atoms. The maximum atomic E-state index is 13.7. The monoisotopic (exact) mass is 458 g/mol. The number of piperidine rings is 1. The van der Waals surface area contributed by atoms with Gasteiger partial charge in [0, 0.05) is 31.4 Å². The van der Waals surface area contributed by atoms with Gasteiger partial charge in [-0.15, -0.1) is 0 Å². The summed E-state index contributed by atoms with van der Waals surface area (Å²) in [6.45, 7) is 3.25. The van der Waals surface area contributed by atoms with E-state index in [-0.39, 0.29) is 18.5 Å². The van der Waals surface area contributed by atoms with E-state index in [2.05, 4.69) is 4.98 Å². The molecular weight excluding hydrogens is 428 g/mol. The first-order valence-corrected chi connectivity index (χ1v) is 12.8. The Bertz CT molecular complexity index is 1090. The third-order valence-corrected chi connectivity index (χ3v) is 7.78. The van der Waals surface area contributed by atoms with E-state index in [0.29, 0.717) is 31.8 Å². The highest BCUT2D eigenvalue weighted by molar-refractivity contribution is 7.88. The number of methoxy groups -OCH3 is 1. The second-order valence-corrected chi connectivity index (χ2v) is 10.9. The maximum absolute atomic E-state index is 13.7. The molecule has 0 saturated carbocycles. The highest BCUT2D eigenvalue weighted by Crippen LogP contribution is 2.39. The first kappa shape index (κ1) is 22.7. The van der Waals surface area contributed by atoms with Gasteiger partial charge in [0.2, 0.25) is 15.9 Å². The fourth-order valence-electron chi connectivity index (χ4n) is 4.75. The zero-order chi connectivity index (χ0) is 22.9. The number of rotatable bonds is 5. The fourth-order valence-corrected chi connectivity index (χ4v) is 5.73. The van der Waals surface area contributed by atoms with Gasteiger partial charge in [-0.05, 0) is 62.9 Å². The second kappa shape index (κ2) is 8.78. The highest BCUT2D eigenvalue weighted by atomic mass is 32.2. The number of hydrogen-bond donors (Lipinski definition) is 0. The van der Waals surface area contributed by atoms with Crippen LogP contribution in [0.2, 0.25) is 0 Å². The van der Waals surface area contributed by atoms with Crippen molar-refractivity contribution in [3.63, 3.8) is 0 Å². The largest absolute Gasteiger partial charge is 0.497 e. The van der Waals surface area contributed by atoms with Gasteiger partial charge in [0.05, 0.1) is 30.5 Å². The Morgan fingerprint density at radius 3 is 2.59 bits per heavy atom. The van der Waals surface area contributed by atoms with Gasteiger partial charge in [-0.1, -0.05) is 0 Å². The van der Waals surface area contributed by atoms with Gasteiger partial charge < -0.3 is 9.64 Å². The van der Waals surface area contributed by atoms with Crippen molar-refractivity contribution in [1.29, 1.82) is 0 Å². The normalized spacial score (nSPS) is 24.5. The Kier molecular flexibility index (Phi) is 6.22. The van der Waals surface area contributed by atoms with E-state index in [1.165, 1.54) is 10.6 Å². The molecule has 2 aliphatic rings. The molecule has 2 atom stereocenters. The maximum Gasteiger partial charge on any atom is 0.230 e. The number of sulfonamides is 1. The molecule has 0 unspecified atom stereocenters. The second-order valence-electron chi connectivity index (χ2n) is 8.95. The summed E-state index contributed by atoms with van der Waals surface area (Å²) in [7, 11) is -1.70. The van der Waals surface area contributed by atoms with E-state index < -0.39 is 15.4 Å². The van der Waals surface area contributed by atoms with E-state index in [1.54, 1.807) is 13.3 Å². The summed E-state index contributed by atoms with van der Waals surface area (Å²) >= 11 is 0. The van der Waals surface area contributed by atoms with Crippen molar-refractivity contribution < 1.29 is 17.9 Å². The summed E-state index contributed by atoms with van der Waals surface area (Å²) < 4.78 is 30.8. The van der Waals surface area contributed by atoms with Crippen molar-refractivity contribution >= 4 is 15.9 Å². The van der Waals surface area contributed by atoms with Crippen LogP contribution in [0.15, 0.2) is 36.5 Å². The number of benzene rings is 1. The Morgan fingerprint density at radius 1 is 1.16 bits per heavy atom. The lowest BCUT2D eigenvalue weighted by Gasteiger charge is -2.41. The Balaban J connectivity index is 1.57. The van der Waals surface area contributed by atoms with Crippen molar-refractivity contribution in [2.45, 2.75) is 38.6 Å². The van der Waals surface area contributed by atoms with Gasteiger partial charge in [0.1, 0.15) is 5.75 Å². The van der Waals surface area contributed by atoms with Crippen LogP contribution in [0.3, 0.4) is 0 Å². The van der Waals surface area contributed by atoms with Crippen LogP contribution < -0.4 is 4.74 Å². The first-order chi connectivity index (χ1) is 15.2. The quantitative estimate of drug-likeness (QED) is 0.684. The van der Waals surface area contributed by atoms with Gasteiger partial charge in [-0.3, -0.25) is 4.79 Å². The molecule has 2 fully saturated rings. The van der Waals surface area contributed by atoms with Gasteiger partial charge in [0.15, 0.2) is 5.82 Å². The van der Waals surface area contributed by atoms with Gasteiger partial charge >= 0.3 is 0 Å². The van der Waals surface area contributed by atoms with Crippen LogP contribution in [0, 0.1) is 5.41 Å². The molecule has 2 aliphatic heterocycles. The molecule has 0 N–H and O–H groups in total. The number of likely N-dealkylation sites (tertiary alicyclic amines) is 1. The van der Waals surface area contributed by atoms with Gasteiger partial charge in [-0.2, -0.15) is 0 Å². The molecule has 3 heterocycles. The predicted molar refractivity (Wildman–Crippen MR) is 121 cm³/mol. The van der Waals surface area contributed by atoms with E-state index in [1.807, 2.05) is 42.2 Å². The van der Waals surface area contributed by atoms with Crippen LogP contribution in [-0.4, -0.2) is 66.5 Å². The average Bonchev–Trinajstić information content (AvgIpc) is 3.28. The number of nitrogens with zero attached hydrogens (tertiary/aromatic N) is 4. The third-order valence-electron chi connectivity index (χ3n) is 6.53. The molecule has 32 heavy (non-hydrogen) atoms. The lowest BCUT2D eigenvalue weighted by atomic mass is 9.81. The summed E-state index contributed by atoms with van der Waals surface area (Å²) in [5.41, 5.74) is 0.970. The smallest absolute Gasteiger partial charge is 0.230 e. The first-order valence-electron chi connectivity index (χ1n) is 10.9. The van der Waals surface area contributed by atoms with Crippen LogP contribution in [0.4, 0.5) is 0 Å². The van der Waals surface area contributed by atoms with Crippen LogP contribution >= 0.6 is 0 Å². The number of aromatic nitrogens is 2. The van der Waals surface area contributed by atoms with Gasteiger partial charge in [0.25, 0.3) is 0 Å². The molecule has 9 heteroatoms. The SMILES string of the molecule is COc1ccc(-c2nccc([C@@H]3CCCN3C(=O)[C@@]3(C)CCCN(S(C)(=O)=O)C3)n2)cc1. The van der Waals surface area contributed by atoms with E-state index in [9.17, 15) is 13.2 Å². The average molecular weight is 459 g/mol. The van der Waals surface area contributed by atoms with Crippen LogP contribution in [-0.2, 0) is 14.8 Å². The lowest BCUT2D eigenvalue weighted by molar-refractivity contribution is -0.144. The van der Waals surface area contributed by atoms with E-state index >= 15 is 0 Å². The molecule has 2 saturated heterocycles. The minimum atomic E-state index is -3.33. The van der Waals surface area contributed by atoms with E-state index in [4.69, 9.17) is 9.72 Å². The summed E-state index contributed by atoms with van der Waals surface area (Å²) in [5, 5.41) is 0. The van der Waals surface area contributed by atoms with Crippen molar-refractivity contribution in [3.05, 3.63) is 42.2 Å². The Hall–Kier alpha value is -2.52. The number of carbonyl (C=O) groups excluding carboxylic acids is 1. The molecule has 4 rings (SSSR count). The zero-order valence-corrected chi connectivity index (χ0v) is 19.6. The van der Waals surface area contributed by atoms with Crippen molar-refractivity contribution in [2.24, 2.45) is 5.41 Å². The third kappa shape index (κ3) is 4.49. The summed E-state index contributed by atoms with van der Waals surface area (Å²) in [4.78, 5) is 24.7. The number of ether oxygens (including phenoxy) is 1. The Morgan fingerprint density at radius 2 is 1.91 bits per heavy atom. The van der Waals surface area contributed by atoms with Crippen molar-refractivity contribution in [1.82, 2.24) is 19.2 Å². The number of carbonyl (C=O) groups is 1. The number of hydrogen-bond acceptors (Lipinski definition) is 6. The molecule has 1 aromatic heterocycles. The van der Waals surface area contributed by atoms with Gasteiger partial charge in [-0.25, -0.2) is 22.7 Å². The molecule has 8 nitrogen and oxygen atoms in total. The van der Waals surface area contributed by atoms with Crippen LogP contribution in [0.5, 0.6) is 5.75 Å². The molecule has 0 aliphatic carbocycles. The molecule has 0 radical (unpaired) electrons. The molecule has 1 amide bonds. The fraction of sp³-hybridized carbons (Fsp3) is 0.522. The molecule has 2 aromatic rings. The summed E-state index contributed by atoms with van der Waals surface area (Å²) in [6.07, 6.45) is 6.03. The molecule has 0 spiro atoms. The molecule has 172 valence electrons. The van der Waals surface area contributed by atoms with Crippen LogP contribution in [0.1, 0.15) is 44.3 Å². The van der Waals surface area contributed by atoms with Crippen molar-refractivity contribution in [3.8, 4) is 17.1 Å². The lowest BCUT2D eigenvalue weighted by Crippen LogP contribution is -2.52. The summed E-state index contributed by atoms with van der Waals surface area (Å²) in [6, 6.07) is 9.31. The number of amides is 1. The molecular formula is C23H30N4O4S. The van der Waals surface area contributed by atoms with E-state index in [0.717, 1.165) is 29.8 Å². The zero-order valence-electron chi connectivity index (χ0n) is 18.8. The highest BCUT2D eigenvalue weighted by Gasteiger charge is 2.45. The van der Waals surface area contributed by atoms with Crippen LogP contribution in [0.25, 0.3) is 11.4 Å². The van der Waals surface area contributed by atoms with Crippen molar-refractivity contribution in [2.75, 3.05) is 33.0 Å². The predicted octanol–water partition coefficient (Wildman–Crippen LogP) is 2.88.